The Bertz CT molecular complexity index is 869. The van der Waals surface area contributed by atoms with Crippen molar-refractivity contribution < 1.29 is 28.9 Å². The fourth-order valence-corrected chi connectivity index (χ4v) is 2.47. The molecule has 1 amide bonds. The Morgan fingerprint density at radius 3 is 2.48 bits per heavy atom. The zero-order valence-corrected chi connectivity index (χ0v) is 16.1. The Labute approximate surface area is 163 Å². The van der Waals surface area contributed by atoms with E-state index in [0.29, 0.717) is 28.4 Å². The van der Waals surface area contributed by atoms with Crippen LogP contribution in [0.25, 0.3) is 0 Å². The lowest BCUT2D eigenvalue weighted by atomic mass is 10.2. The summed E-state index contributed by atoms with van der Waals surface area (Å²) in [7, 11) is 2.98. The van der Waals surface area contributed by atoms with Gasteiger partial charge >= 0.3 is 5.97 Å². The number of benzene rings is 2. The lowest BCUT2D eigenvalue weighted by molar-refractivity contribution is -0.139. The van der Waals surface area contributed by atoms with E-state index in [1.807, 2.05) is 0 Å². The molecule has 0 aliphatic heterocycles. The molecule has 9 heteroatoms. The van der Waals surface area contributed by atoms with Crippen molar-refractivity contribution in [2.24, 2.45) is 5.10 Å². The van der Waals surface area contributed by atoms with E-state index in [4.69, 9.17) is 19.3 Å². The van der Waals surface area contributed by atoms with Crippen LogP contribution in [0.15, 0.2) is 46.0 Å². The van der Waals surface area contributed by atoms with E-state index in [2.05, 4.69) is 26.5 Å². The van der Waals surface area contributed by atoms with Crippen molar-refractivity contribution in [3.8, 4) is 17.2 Å². The maximum absolute atomic E-state index is 12.2. The molecule has 0 aliphatic carbocycles. The smallest absolute Gasteiger partial charge is 0.341 e. The number of amides is 1. The predicted octanol–water partition coefficient (Wildman–Crippen LogP) is 2.69. The number of hydrazone groups is 1. The summed E-state index contributed by atoms with van der Waals surface area (Å²) >= 11 is 3.32. The number of carboxylic acids is 1. The lowest BCUT2D eigenvalue weighted by Crippen LogP contribution is -2.18. The first-order valence-electron chi connectivity index (χ1n) is 7.64. The minimum absolute atomic E-state index is 0.324. The Kier molecular flexibility index (Phi) is 7.18. The summed E-state index contributed by atoms with van der Waals surface area (Å²) in [6, 6.07) is 9.71. The maximum Gasteiger partial charge on any atom is 0.341 e. The first-order valence-corrected chi connectivity index (χ1v) is 8.43. The molecule has 0 unspecified atom stereocenters. The van der Waals surface area contributed by atoms with E-state index in [0.717, 1.165) is 4.47 Å². The molecule has 2 rings (SSSR count). The number of rotatable bonds is 8. The number of carbonyl (C=O) groups is 2. The SMILES string of the molecule is COc1ccc(C(=O)N/N=C/c2cc(Br)ccc2OCC(=O)O)cc1OC. The fourth-order valence-electron chi connectivity index (χ4n) is 2.09. The van der Waals surface area contributed by atoms with Gasteiger partial charge in [0.2, 0.25) is 0 Å². The summed E-state index contributed by atoms with van der Waals surface area (Å²) in [6.45, 7) is -0.486. The third-order valence-corrected chi connectivity index (χ3v) is 3.83. The zero-order chi connectivity index (χ0) is 19.8. The molecular weight excluding hydrogens is 420 g/mol. The van der Waals surface area contributed by atoms with Crippen molar-refractivity contribution in [1.82, 2.24) is 5.43 Å². The summed E-state index contributed by atoms with van der Waals surface area (Å²) < 4.78 is 16.2. The Morgan fingerprint density at radius 1 is 1.11 bits per heavy atom. The predicted molar refractivity (Wildman–Crippen MR) is 102 cm³/mol. The quantitative estimate of drug-likeness (QED) is 0.486. The maximum atomic E-state index is 12.2. The number of carboxylic acid groups (broad SMARTS) is 1. The van der Waals surface area contributed by atoms with Gasteiger partial charge in [-0.15, -0.1) is 0 Å². The number of nitrogens with zero attached hydrogens (tertiary/aromatic N) is 1. The monoisotopic (exact) mass is 436 g/mol. The third-order valence-electron chi connectivity index (χ3n) is 3.34. The Balaban J connectivity index is 2.11. The van der Waals surface area contributed by atoms with E-state index < -0.39 is 18.5 Å². The van der Waals surface area contributed by atoms with Gasteiger partial charge in [-0.3, -0.25) is 4.79 Å². The van der Waals surface area contributed by atoms with Crippen LogP contribution in [0.5, 0.6) is 17.2 Å². The minimum atomic E-state index is -1.09. The van der Waals surface area contributed by atoms with Crippen molar-refractivity contribution in [2.45, 2.75) is 0 Å². The third kappa shape index (κ3) is 5.71. The molecule has 0 heterocycles. The second-order valence-corrected chi connectivity index (χ2v) is 6.05. The summed E-state index contributed by atoms with van der Waals surface area (Å²) in [4.78, 5) is 22.9. The highest BCUT2D eigenvalue weighted by Gasteiger charge is 2.10. The highest BCUT2D eigenvalue weighted by atomic mass is 79.9. The summed E-state index contributed by atoms with van der Waals surface area (Å²) in [5.74, 6) is -0.292. The molecule has 0 saturated carbocycles. The largest absolute Gasteiger partial charge is 0.493 e. The standard InChI is InChI=1S/C18H17BrN2O6/c1-25-15-5-3-11(8-16(15)26-2)18(24)21-20-9-12-7-13(19)4-6-14(12)27-10-17(22)23/h3-9H,10H2,1-2H3,(H,21,24)(H,22,23)/b20-9+. The summed E-state index contributed by atoms with van der Waals surface area (Å²) in [6.07, 6.45) is 1.36. The van der Waals surface area contributed by atoms with Crippen LogP contribution < -0.4 is 19.6 Å². The van der Waals surface area contributed by atoms with Gasteiger partial charge in [-0.1, -0.05) is 15.9 Å². The Morgan fingerprint density at radius 2 is 1.81 bits per heavy atom. The second kappa shape index (κ2) is 9.58. The number of halogens is 1. The highest BCUT2D eigenvalue weighted by molar-refractivity contribution is 9.10. The molecule has 0 aliphatic rings. The van der Waals surface area contributed by atoms with Gasteiger partial charge < -0.3 is 19.3 Å². The van der Waals surface area contributed by atoms with E-state index in [-0.39, 0.29) is 0 Å². The van der Waals surface area contributed by atoms with Gasteiger partial charge in [0, 0.05) is 15.6 Å². The molecule has 0 radical (unpaired) electrons. The van der Waals surface area contributed by atoms with Crippen molar-refractivity contribution >= 4 is 34.0 Å². The molecule has 0 fully saturated rings. The first-order chi connectivity index (χ1) is 12.9. The number of hydrogen-bond donors (Lipinski definition) is 2. The van der Waals surface area contributed by atoms with Crippen molar-refractivity contribution in [3.05, 3.63) is 52.0 Å². The van der Waals surface area contributed by atoms with Crippen LogP contribution in [0.2, 0.25) is 0 Å². The normalized spacial score (nSPS) is 10.5. The van der Waals surface area contributed by atoms with Crippen molar-refractivity contribution in [1.29, 1.82) is 0 Å². The van der Waals surface area contributed by atoms with E-state index in [1.165, 1.54) is 26.5 Å². The Hall–Kier alpha value is -3.07. The lowest BCUT2D eigenvalue weighted by Gasteiger charge is -2.09. The molecule has 2 aromatic carbocycles. The summed E-state index contributed by atoms with van der Waals surface area (Å²) in [5, 5.41) is 12.6. The van der Waals surface area contributed by atoms with Crippen LogP contribution in [-0.4, -0.2) is 44.0 Å². The molecule has 0 saturated heterocycles. The zero-order valence-electron chi connectivity index (χ0n) is 14.6. The van der Waals surface area contributed by atoms with Gasteiger partial charge in [0.15, 0.2) is 18.1 Å². The van der Waals surface area contributed by atoms with Crippen LogP contribution in [-0.2, 0) is 4.79 Å². The van der Waals surface area contributed by atoms with Gasteiger partial charge in [0.1, 0.15) is 5.75 Å². The highest BCUT2D eigenvalue weighted by Crippen LogP contribution is 2.27. The van der Waals surface area contributed by atoms with Crippen LogP contribution in [0.3, 0.4) is 0 Å². The number of ether oxygens (including phenoxy) is 3. The summed E-state index contributed by atoms with van der Waals surface area (Å²) in [5.41, 5.74) is 3.23. The van der Waals surface area contributed by atoms with Crippen LogP contribution in [0.1, 0.15) is 15.9 Å². The molecule has 8 nitrogen and oxygen atoms in total. The van der Waals surface area contributed by atoms with E-state index in [1.54, 1.807) is 30.3 Å². The van der Waals surface area contributed by atoms with Gasteiger partial charge in [0.25, 0.3) is 5.91 Å². The number of nitrogens with one attached hydrogen (secondary N) is 1. The topological polar surface area (TPSA) is 106 Å². The molecule has 2 aromatic rings. The molecule has 2 N–H and O–H groups in total. The van der Waals surface area contributed by atoms with Gasteiger partial charge in [-0.05, 0) is 36.4 Å². The van der Waals surface area contributed by atoms with Crippen LogP contribution >= 0.6 is 15.9 Å². The molecule has 0 atom stereocenters. The molecule has 27 heavy (non-hydrogen) atoms. The fraction of sp³-hybridized carbons (Fsp3) is 0.167. The van der Waals surface area contributed by atoms with Crippen molar-refractivity contribution in [3.63, 3.8) is 0 Å². The molecule has 0 aromatic heterocycles. The number of aliphatic carboxylic acids is 1. The van der Waals surface area contributed by atoms with Crippen LogP contribution in [0, 0.1) is 0 Å². The molecule has 0 spiro atoms. The van der Waals surface area contributed by atoms with Gasteiger partial charge in [-0.2, -0.15) is 5.10 Å². The molecule has 0 bridgehead atoms. The van der Waals surface area contributed by atoms with Gasteiger partial charge in [0.05, 0.1) is 20.4 Å². The minimum Gasteiger partial charge on any atom is -0.493 e. The second-order valence-electron chi connectivity index (χ2n) is 5.13. The van der Waals surface area contributed by atoms with E-state index in [9.17, 15) is 9.59 Å². The van der Waals surface area contributed by atoms with Gasteiger partial charge in [-0.25, -0.2) is 10.2 Å². The molecular formula is C18H17BrN2O6. The average Bonchev–Trinajstić information content (AvgIpc) is 2.66. The average molecular weight is 437 g/mol. The first kappa shape index (κ1) is 20.2. The van der Waals surface area contributed by atoms with Crippen LogP contribution in [0.4, 0.5) is 0 Å². The number of methoxy groups -OCH3 is 2. The van der Waals surface area contributed by atoms with Crippen molar-refractivity contribution in [2.75, 3.05) is 20.8 Å². The van der Waals surface area contributed by atoms with E-state index >= 15 is 0 Å². The number of hydrogen-bond acceptors (Lipinski definition) is 6. The number of carbonyl (C=O) groups excluding carboxylic acids is 1. The molecule has 142 valence electrons.